The average molecular weight is 388 g/mol. The molecular weight excluding hydrogens is 369 g/mol. The van der Waals surface area contributed by atoms with E-state index in [4.69, 9.17) is 27.9 Å². The lowest BCUT2D eigenvalue weighted by atomic mass is 9.92. The first kappa shape index (κ1) is 19.5. The molecular formula is C16H19Cl2N3O4. The van der Waals surface area contributed by atoms with E-state index in [-0.39, 0.29) is 17.6 Å². The maximum absolute atomic E-state index is 12.8. The van der Waals surface area contributed by atoms with Crippen molar-refractivity contribution < 1.29 is 19.1 Å². The van der Waals surface area contributed by atoms with Gasteiger partial charge in [0.2, 0.25) is 5.91 Å². The van der Waals surface area contributed by atoms with Gasteiger partial charge in [0.05, 0.1) is 6.61 Å². The molecule has 0 saturated carbocycles. The Kier molecular flexibility index (Phi) is 5.92. The van der Waals surface area contributed by atoms with Crippen LogP contribution >= 0.6 is 23.2 Å². The smallest absolute Gasteiger partial charge is 0.325 e. The van der Waals surface area contributed by atoms with Gasteiger partial charge in [0.1, 0.15) is 12.1 Å². The summed E-state index contributed by atoms with van der Waals surface area (Å²) in [5.74, 6) is -1.02. The van der Waals surface area contributed by atoms with E-state index in [1.165, 1.54) is 20.1 Å². The number of hydrogen-bond donors (Lipinski definition) is 2. The third kappa shape index (κ3) is 4.05. The van der Waals surface area contributed by atoms with Crippen molar-refractivity contribution in [2.45, 2.75) is 25.4 Å². The van der Waals surface area contributed by atoms with Crippen LogP contribution in [0.2, 0.25) is 10.0 Å². The molecule has 2 rings (SSSR count). The molecule has 0 radical (unpaired) electrons. The van der Waals surface area contributed by atoms with Gasteiger partial charge in [0.15, 0.2) is 0 Å². The highest BCUT2D eigenvalue weighted by atomic mass is 35.5. The lowest BCUT2D eigenvalue weighted by Gasteiger charge is -2.23. The molecule has 0 aliphatic carbocycles. The third-order valence-electron chi connectivity index (χ3n) is 3.87. The van der Waals surface area contributed by atoms with Crippen molar-refractivity contribution in [2.75, 3.05) is 20.3 Å². The third-order valence-corrected chi connectivity index (χ3v) is 4.42. The van der Waals surface area contributed by atoms with E-state index in [0.717, 1.165) is 4.90 Å². The Hall–Kier alpha value is -1.83. The van der Waals surface area contributed by atoms with Crippen LogP contribution in [-0.2, 0) is 19.9 Å². The van der Waals surface area contributed by atoms with Crippen LogP contribution < -0.4 is 10.6 Å². The fourth-order valence-corrected chi connectivity index (χ4v) is 3.27. The zero-order valence-electron chi connectivity index (χ0n) is 14.1. The molecule has 1 saturated heterocycles. The summed E-state index contributed by atoms with van der Waals surface area (Å²) in [5, 5.41) is 5.92. The van der Waals surface area contributed by atoms with Gasteiger partial charge in [-0.3, -0.25) is 14.5 Å². The first-order valence-electron chi connectivity index (χ1n) is 7.57. The maximum atomic E-state index is 12.8. The molecule has 0 spiro atoms. The predicted octanol–water partition coefficient (Wildman–Crippen LogP) is 1.91. The van der Waals surface area contributed by atoms with Gasteiger partial charge >= 0.3 is 6.03 Å². The van der Waals surface area contributed by atoms with Gasteiger partial charge in [0.25, 0.3) is 5.91 Å². The maximum Gasteiger partial charge on any atom is 0.325 e. The van der Waals surface area contributed by atoms with Gasteiger partial charge in [0, 0.05) is 28.8 Å². The minimum absolute atomic E-state index is 0.240. The lowest BCUT2D eigenvalue weighted by Crippen LogP contribution is -2.45. The van der Waals surface area contributed by atoms with Gasteiger partial charge < -0.3 is 15.4 Å². The zero-order chi connectivity index (χ0) is 18.8. The molecule has 0 bridgehead atoms. The van der Waals surface area contributed by atoms with Crippen LogP contribution in [0.3, 0.4) is 0 Å². The zero-order valence-corrected chi connectivity index (χ0v) is 15.6. The van der Waals surface area contributed by atoms with E-state index in [0.29, 0.717) is 17.2 Å². The Morgan fingerprint density at radius 3 is 2.68 bits per heavy atom. The number of halogens is 2. The quantitative estimate of drug-likeness (QED) is 0.729. The second kappa shape index (κ2) is 7.59. The summed E-state index contributed by atoms with van der Waals surface area (Å²) in [4.78, 5) is 37.9. The number of benzene rings is 1. The Labute approximate surface area is 155 Å². The van der Waals surface area contributed by atoms with Crippen LogP contribution in [0.4, 0.5) is 4.79 Å². The summed E-state index contributed by atoms with van der Waals surface area (Å²) >= 11 is 12.0. The van der Waals surface area contributed by atoms with E-state index < -0.39 is 23.4 Å². The van der Waals surface area contributed by atoms with E-state index in [1.807, 2.05) is 0 Å². The molecule has 1 heterocycles. The number of nitrogens with one attached hydrogen (secondary N) is 2. The minimum Gasteiger partial charge on any atom is -0.383 e. The van der Waals surface area contributed by atoms with E-state index in [9.17, 15) is 14.4 Å². The van der Waals surface area contributed by atoms with Crippen molar-refractivity contribution in [3.8, 4) is 0 Å². The van der Waals surface area contributed by atoms with Gasteiger partial charge in [-0.2, -0.15) is 0 Å². The standard InChI is InChI=1S/C16H19Cl2N3O4/c1-9(8-25-3)19-13(22)7-21-14(23)16(2,20-15(21)24)11-5-4-10(17)6-12(11)18/h4-6,9H,7-8H2,1-3H3,(H,19,22)(H,20,24). The molecule has 1 aliphatic heterocycles. The molecule has 2 N–H and O–H groups in total. The number of rotatable bonds is 6. The molecule has 1 aromatic rings. The van der Waals surface area contributed by atoms with Crippen LogP contribution in [0.15, 0.2) is 18.2 Å². The second-order valence-electron chi connectivity index (χ2n) is 5.99. The summed E-state index contributed by atoms with van der Waals surface area (Å²) in [7, 11) is 1.52. The first-order chi connectivity index (χ1) is 11.7. The summed E-state index contributed by atoms with van der Waals surface area (Å²) in [6, 6.07) is 3.75. The van der Waals surface area contributed by atoms with Crippen molar-refractivity contribution >= 4 is 41.0 Å². The molecule has 25 heavy (non-hydrogen) atoms. The number of carbonyl (C=O) groups excluding carboxylic acids is 3. The molecule has 1 fully saturated rings. The van der Waals surface area contributed by atoms with Crippen LogP contribution in [0, 0.1) is 0 Å². The number of urea groups is 1. The molecule has 7 nitrogen and oxygen atoms in total. The van der Waals surface area contributed by atoms with Crippen molar-refractivity contribution in [2.24, 2.45) is 0 Å². The monoisotopic (exact) mass is 387 g/mol. The summed E-state index contributed by atoms with van der Waals surface area (Å²) < 4.78 is 4.93. The fraction of sp³-hybridized carbons (Fsp3) is 0.438. The first-order valence-corrected chi connectivity index (χ1v) is 8.32. The molecule has 0 aromatic heterocycles. The number of methoxy groups -OCH3 is 1. The number of hydrogen-bond acceptors (Lipinski definition) is 4. The minimum atomic E-state index is -1.36. The Morgan fingerprint density at radius 1 is 1.40 bits per heavy atom. The number of imide groups is 1. The van der Waals surface area contributed by atoms with E-state index >= 15 is 0 Å². The highest BCUT2D eigenvalue weighted by Crippen LogP contribution is 2.34. The Morgan fingerprint density at radius 2 is 2.08 bits per heavy atom. The van der Waals surface area contributed by atoms with Crippen LogP contribution in [0.5, 0.6) is 0 Å². The van der Waals surface area contributed by atoms with E-state index in [1.54, 1.807) is 19.1 Å². The van der Waals surface area contributed by atoms with Gasteiger partial charge in [-0.05, 0) is 26.0 Å². The number of ether oxygens (including phenoxy) is 1. The second-order valence-corrected chi connectivity index (χ2v) is 6.84. The van der Waals surface area contributed by atoms with Crippen LogP contribution in [-0.4, -0.2) is 49.0 Å². The number of carbonyl (C=O) groups is 3. The Bertz CT molecular complexity index is 713. The molecule has 2 unspecified atom stereocenters. The summed E-state index contributed by atoms with van der Waals surface area (Å²) in [5.41, 5.74) is -0.954. The average Bonchev–Trinajstić information content (AvgIpc) is 2.71. The molecule has 2 atom stereocenters. The number of nitrogens with zero attached hydrogens (tertiary/aromatic N) is 1. The summed E-state index contributed by atoms with van der Waals surface area (Å²) in [6.45, 7) is 3.22. The number of amides is 4. The fourth-order valence-electron chi connectivity index (χ4n) is 2.67. The molecule has 136 valence electrons. The summed E-state index contributed by atoms with van der Waals surface area (Å²) in [6.07, 6.45) is 0. The largest absolute Gasteiger partial charge is 0.383 e. The Balaban J connectivity index is 2.17. The van der Waals surface area contributed by atoms with Crippen LogP contribution in [0.25, 0.3) is 0 Å². The lowest BCUT2D eigenvalue weighted by molar-refractivity contribution is -0.135. The predicted molar refractivity (Wildman–Crippen MR) is 93.5 cm³/mol. The van der Waals surface area contributed by atoms with E-state index in [2.05, 4.69) is 10.6 Å². The highest BCUT2D eigenvalue weighted by molar-refractivity contribution is 6.35. The van der Waals surface area contributed by atoms with Crippen molar-refractivity contribution in [3.63, 3.8) is 0 Å². The molecule has 4 amide bonds. The van der Waals surface area contributed by atoms with Gasteiger partial charge in [-0.25, -0.2) is 4.79 Å². The van der Waals surface area contributed by atoms with Crippen molar-refractivity contribution in [1.82, 2.24) is 15.5 Å². The highest BCUT2D eigenvalue weighted by Gasteiger charge is 2.50. The topological polar surface area (TPSA) is 87.7 Å². The molecule has 1 aliphatic rings. The van der Waals surface area contributed by atoms with Crippen LogP contribution in [0.1, 0.15) is 19.4 Å². The SMILES string of the molecule is COCC(C)NC(=O)CN1C(=O)NC(C)(c2ccc(Cl)cc2Cl)C1=O. The van der Waals surface area contributed by atoms with Crippen molar-refractivity contribution in [3.05, 3.63) is 33.8 Å². The van der Waals surface area contributed by atoms with Gasteiger partial charge in [-0.15, -0.1) is 0 Å². The molecule has 1 aromatic carbocycles. The van der Waals surface area contributed by atoms with Crippen molar-refractivity contribution in [1.29, 1.82) is 0 Å². The van der Waals surface area contributed by atoms with Gasteiger partial charge in [-0.1, -0.05) is 29.3 Å². The normalized spacial score (nSPS) is 21.2. The molecule has 9 heteroatoms.